The van der Waals surface area contributed by atoms with Crippen LogP contribution in [0.25, 0.3) is 0 Å². The Bertz CT molecular complexity index is 694. The molecule has 1 N–H and O–H groups in total. The summed E-state index contributed by atoms with van der Waals surface area (Å²) in [5.41, 5.74) is 1.56. The van der Waals surface area contributed by atoms with Crippen molar-refractivity contribution >= 4 is 33.6 Å². The van der Waals surface area contributed by atoms with Crippen molar-refractivity contribution in [3.8, 4) is 0 Å². The number of anilines is 1. The van der Waals surface area contributed by atoms with Gasteiger partial charge in [0.2, 0.25) is 5.91 Å². The monoisotopic (exact) mass is 423 g/mol. The van der Waals surface area contributed by atoms with Crippen LogP contribution >= 0.6 is 15.9 Å². The second-order valence-corrected chi connectivity index (χ2v) is 8.76. The Balaban J connectivity index is 1.60. The zero-order valence-corrected chi connectivity index (χ0v) is 17.1. The van der Waals surface area contributed by atoms with Gasteiger partial charge in [-0.15, -0.1) is 0 Å². The summed E-state index contributed by atoms with van der Waals surface area (Å²) in [7, 11) is 0. The van der Waals surface area contributed by atoms with E-state index in [1.54, 1.807) is 4.90 Å². The third-order valence-corrected chi connectivity index (χ3v) is 5.21. The average molecular weight is 424 g/mol. The Morgan fingerprint density at radius 3 is 2.58 bits per heavy atom. The first-order chi connectivity index (χ1) is 12.2. The van der Waals surface area contributed by atoms with E-state index in [2.05, 4.69) is 32.2 Å². The number of hydrogen-bond donors (Lipinski definition) is 1. The highest BCUT2D eigenvalue weighted by atomic mass is 79.9. The summed E-state index contributed by atoms with van der Waals surface area (Å²) in [6, 6.07) is 5.79. The van der Waals surface area contributed by atoms with Crippen molar-refractivity contribution in [3.63, 3.8) is 0 Å². The van der Waals surface area contributed by atoms with Gasteiger partial charge in [0.05, 0.1) is 6.04 Å². The molecular formula is C19H26BrN3O3. The van der Waals surface area contributed by atoms with Gasteiger partial charge < -0.3 is 15.0 Å². The number of fused-ring (bicyclic) bond motifs is 1. The van der Waals surface area contributed by atoms with Gasteiger partial charge in [-0.1, -0.05) is 15.9 Å². The highest BCUT2D eigenvalue weighted by molar-refractivity contribution is 9.10. The number of benzene rings is 1. The molecule has 2 aliphatic rings. The van der Waals surface area contributed by atoms with E-state index in [0.717, 1.165) is 28.6 Å². The fraction of sp³-hybridized carbons (Fsp3) is 0.579. The molecule has 7 heteroatoms. The number of carbonyl (C=O) groups is 2. The first-order valence-electron chi connectivity index (χ1n) is 9.04. The van der Waals surface area contributed by atoms with Crippen molar-refractivity contribution in [2.45, 2.75) is 45.3 Å². The number of hydrogen-bond acceptors (Lipinski definition) is 4. The summed E-state index contributed by atoms with van der Waals surface area (Å²) in [5, 5.41) is 3.06. The minimum atomic E-state index is -0.491. The maximum absolute atomic E-state index is 12.7. The molecule has 0 aliphatic carbocycles. The van der Waals surface area contributed by atoms with Crippen LogP contribution in [-0.2, 0) is 16.0 Å². The van der Waals surface area contributed by atoms with E-state index in [1.807, 2.05) is 32.9 Å². The van der Waals surface area contributed by atoms with Gasteiger partial charge in [0.1, 0.15) is 5.60 Å². The number of halogens is 1. The first kappa shape index (κ1) is 19.2. The molecule has 1 unspecified atom stereocenters. The van der Waals surface area contributed by atoms with Gasteiger partial charge in [0, 0.05) is 36.3 Å². The summed E-state index contributed by atoms with van der Waals surface area (Å²) in [6.07, 6.45) is 1.35. The van der Waals surface area contributed by atoms with Crippen LogP contribution in [0.3, 0.4) is 0 Å². The molecular weight excluding hydrogens is 398 g/mol. The number of aryl methyl sites for hydroxylation is 1. The molecule has 2 amide bonds. The number of rotatable bonds is 1. The molecule has 0 bridgehead atoms. The van der Waals surface area contributed by atoms with Gasteiger partial charge >= 0.3 is 6.09 Å². The summed E-state index contributed by atoms with van der Waals surface area (Å²) in [5.74, 6) is 0.0387. The molecule has 2 heterocycles. The van der Waals surface area contributed by atoms with Crippen molar-refractivity contribution in [1.82, 2.24) is 9.80 Å². The lowest BCUT2D eigenvalue weighted by molar-refractivity contribution is -0.122. The van der Waals surface area contributed by atoms with Crippen LogP contribution in [0.2, 0.25) is 0 Å². The van der Waals surface area contributed by atoms with Crippen LogP contribution in [0.15, 0.2) is 22.7 Å². The lowest BCUT2D eigenvalue weighted by atomic mass is 10.0. The molecule has 0 saturated carbocycles. The molecule has 0 spiro atoms. The predicted molar refractivity (Wildman–Crippen MR) is 104 cm³/mol. The van der Waals surface area contributed by atoms with Crippen LogP contribution in [0.1, 0.15) is 32.8 Å². The maximum atomic E-state index is 12.7. The topological polar surface area (TPSA) is 61.9 Å². The Morgan fingerprint density at radius 1 is 1.23 bits per heavy atom. The molecule has 1 aromatic rings. The van der Waals surface area contributed by atoms with Crippen molar-refractivity contribution in [1.29, 1.82) is 0 Å². The highest BCUT2D eigenvalue weighted by Gasteiger charge is 2.33. The van der Waals surface area contributed by atoms with Gasteiger partial charge in [-0.2, -0.15) is 0 Å². The van der Waals surface area contributed by atoms with Crippen molar-refractivity contribution < 1.29 is 14.3 Å². The van der Waals surface area contributed by atoms with E-state index in [-0.39, 0.29) is 18.0 Å². The van der Waals surface area contributed by atoms with Crippen LogP contribution in [0.5, 0.6) is 0 Å². The van der Waals surface area contributed by atoms with E-state index >= 15 is 0 Å². The largest absolute Gasteiger partial charge is 0.444 e. The number of ether oxygens (including phenoxy) is 1. The third-order valence-electron chi connectivity index (χ3n) is 4.72. The second kappa shape index (κ2) is 7.56. The zero-order chi connectivity index (χ0) is 18.9. The quantitative estimate of drug-likeness (QED) is 0.752. The average Bonchev–Trinajstić information content (AvgIpc) is 2.71. The van der Waals surface area contributed by atoms with Gasteiger partial charge in [-0.05, 0) is 57.4 Å². The van der Waals surface area contributed by atoms with Crippen molar-refractivity contribution in [2.24, 2.45) is 0 Å². The Kier molecular flexibility index (Phi) is 5.58. The smallest absolute Gasteiger partial charge is 0.410 e. The van der Waals surface area contributed by atoms with E-state index in [0.29, 0.717) is 26.2 Å². The summed E-state index contributed by atoms with van der Waals surface area (Å²) in [4.78, 5) is 28.8. The zero-order valence-electron chi connectivity index (χ0n) is 15.5. The normalized spacial score (nSPS) is 21.6. The van der Waals surface area contributed by atoms with Crippen molar-refractivity contribution in [3.05, 3.63) is 28.2 Å². The van der Waals surface area contributed by atoms with Crippen LogP contribution in [-0.4, -0.2) is 59.6 Å². The molecule has 1 fully saturated rings. The number of nitrogens with zero attached hydrogens (tertiary/aromatic N) is 2. The SMILES string of the molecule is CC(C)(C)OC(=O)N1CCN(C2CCc3cc(Br)ccc3NC2=O)CC1. The molecule has 1 saturated heterocycles. The van der Waals surface area contributed by atoms with Crippen LogP contribution in [0.4, 0.5) is 10.5 Å². The molecule has 3 rings (SSSR count). The fourth-order valence-electron chi connectivity index (χ4n) is 3.42. The lowest BCUT2D eigenvalue weighted by Gasteiger charge is -2.38. The lowest BCUT2D eigenvalue weighted by Crippen LogP contribution is -2.55. The number of nitrogens with one attached hydrogen (secondary N) is 1. The van der Waals surface area contributed by atoms with Gasteiger partial charge in [0.25, 0.3) is 0 Å². The molecule has 26 heavy (non-hydrogen) atoms. The van der Waals surface area contributed by atoms with Gasteiger partial charge in [-0.25, -0.2) is 4.79 Å². The number of carbonyl (C=O) groups excluding carboxylic acids is 2. The number of amides is 2. The summed E-state index contributed by atoms with van der Waals surface area (Å²) >= 11 is 3.49. The second-order valence-electron chi connectivity index (χ2n) is 7.85. The van der Waals surface area contributed by atoms with E-state index in [9.17, 15) is 9.59 Å². The minimum Gasteiger partial charge on any atom is -0.444 e. The molecule has 1 atom stereocenters. The van der Waals surface area contributed by atoms with E-state index in [1.165, 1.54) is 0 Å². The Labute approximate surface area is 163 Å². The molecule has 2 aliphatic heterocycles. The maximum Gasteiger partial charge on any atom is 0.410 e. The Hall–Kier alpha value is -1.60. The summed E-state index contributed by atoms with van der Waals surface area (Å²) in [6.45, 7) is 8.12. The van der Waals surface area contributed by atoms with Gasteiger partial charge in [0.15, 0.2) is 0 Å². The molecule has 1 aromatic carbocycles. The van der Waals surface area contributed by atoms with Crippen molar-refractivity contribution in [2.75, 3.05) is 31.5 Å². The standard InChI is InChI=1S/C19H26BrN3O3/c1-19(2,3)26-18(25)23-10-8-22(9-11-23)16-7-4-13-12-14(20)5-6-15(13)21-17(16)24/h5-6,12,16H,4,7-11H2,1-3H3,(H,21,24). The van der Waals surface area contributed by atoms with Gasteiger partial charge in [-0.3, -0.25) is 9.69 Å². The van der Waals surface area contributed by atoms with Crippen LogP contribution < -0.4 is 5.32 Å². The van der Waals surface area contributed by atoms with Crippen LogP contribution in [0, 0.1) is 0 Å². The predicted octanol–water partition coefficient (Wildman–Crippen LogP) is 3.26. The fourth-order valence-corrected chi connectivity index (χ4v) is 3.83. The highest BCUT2D eigenvalue weighted by Crippen LogP contribution is 2.27. The molecule has 0 aromatic heterocycles. The first-order valence-corrected chi connectivity index (χ1v) is 9.83. The minimum absolute atomic E-state index is 0.0387. The van der Waals surface area contributed by atoms with E-state index in [4.69, 9.17) is 4.74 Å². The van der Waals surface area contributed by atoms with E-state index < -0.39 is 5.60 Å². The molecule has 6 nitrogen and oxygen atoms in total. The molecule has 142 valence electrons. The summed E-state index contributed by atoms with van der Waals surface area (Å²) < 4.78 is 6.46. The third kappa shape index (κ3) is 4.57. The Morgan fingerprint density at radius 2 is 1.92 bits per heavy atom. The molecule has 0 radical (unpaired) electrons. The number of piperazine rings is 1.